The molecule has 2 aromatic rings. The van der Waals surface area contributed by atoms with Gasteiger partial charge in [0.1, 0.15) is 16.7 Å². The van der Waals surface area contributed by atoms with E-state index < -0.39 is 22.2 Å². The van der Waals surface area contributed by atoms with Crippen molar-refractivity contribution in [1.29, 1.82) is 0 Å². The highest BCUT2D eigenvalue weighted by Crippen LogP contribution is 2.36. The fourth-order valence-corrected chi connectivity index (χ4v) is 5.69. The average Bonchev–Trinajstić information content (AvgIpc) is 2.80. The Morgan fingerprint density at radius 3 is 2.65 bits per heavy atom. The quantitative estimate of drug-likeness (QED) is 0.644. The minimum atomic E-state index is -3.93. The van der Waals surface area contributed by atoms with Crippen LogP contribution in [0.4, 0.5) is 4.79 Å². The van der Waals surface area contributed by atoms with E-state index >= 15 is 0 Å². The highest BCUT2D eigenvalue weighted by atomic mass is 32.2. The SMILES string of the molecule is CC(C)NC(=O)N(C)C[C@H]1Oc2cc(-c3cccnc3)ccc2S(=O)(=O)N([C@@H](C)CO)C[C@@H]1C. The van der Waals surface area contributed by atoms with Crippen LogP contribution in [0, 0.1) is 5.92 Å². The van der Waals surface area contributed by atoms with E-state index in [2.05, 4.69) is 10.3 Å². The number of aliphatic hydroxyl groups excluding tert-OH is 1. The summed E-state index contributed by atoms with van der Waals surface area (Å²) in [5.74, 6) is -0.0426. The zero-order valence-corrected chi connectivity index (χ0v) is 21.1. The summed E-state index contributed by atoms with van der Waals surface area (Å²) in [5, 5.41) is 12.6. The fourth-order valence-electron chi connectivity index (χ4n) is 3.87. The number of benzene rings is 1. The zero-order chi connectivity index (χ0) is 25.0. The van der Waals surface area contributed by atoms with Crippen LogP contribution < -0.4 is 10.1 Å². The molecule has 0 aliphatic carbocycles. The summed E-state index contributed by atoms with van der Waals surface area (Å²) >= 11 is 0. The number of urea groups is 1. The van der Waals surface area contributed by atoms with Gasteiger partial charge in [0.2, 0.25) is 10.0 Å². The van der Waals surface area contributed by atoms with Gasteiger partial charge < -0.3 is 20.1 Å². The summed E-state index contributed by atoms with van der Waals surface area (Å²) in [6.07, 6.45) is 2.89. The second-order valence-electron chi connectivity index (χ2n) is 9.13. The minimum absolute atomic E-state index is 0.0144. The van der Waals surface area contributed by atoms with Gasteiger partial charge in [-0.15, -0.1) is 0 Å². The number of amides is 2. The maximum Gasteiger partial charge on any atom is 0.317 e. The lowest BCUT2D eigenvalue weighted by molar-refractivity contribution is 0.0810. The first-order chi connectivity index (χ1) is 16.0. The van der Waals surface area contributed by atoms with Gasteiger partial charge in [-0.05, 0) is 44.5 Å². The second kappa shape index (κ2) is 10.7. The standard InChI is InChI=1S/C24H34N4O5S/c1-16(2)26-24(30)27(5)14-22-17(3)13-28(18(4)15-29)34(31,32)23-9-8-19(11-21(23)33-22)20-7-6-10-25-12-20/h6-12,16-18,22,29H,13-15H2,1-5H3,(H,26,30)/t17-,18-,22+/m0/s1. The van der Waals surface area contributed by atoms with Crippen LogP contribution in [0.1, 0.15) is 27.7 Å². The number of aromatic nitrogens is 1. The van der Waals surface area contributed by atoms with Crippen LogP contribution in [0.15, 0.2) is 47.6 Å². The van der Waals surface area contributed by atoms with Gasteiger partial charge in [-0.3, -0.25) is 4.98 Å². The average molecular weight is 491 g/mol. The van der Waals surface area contributed by atoms with Crippen molar-refractivity contribution < 1.29 is 23.1 Å². The molecule has 3 atom stereocenters. The van der Waals surface area contributed by atoms with Gasteiger partial charge in [-0.2, -0.15) is 4.31 Å². The molecule has 2 heterocycles. The first-order valence-electron chi connectivity index (χ1n) is 11.4. The molecule has 0 saturated carbocycles. The molecule has 1 aliphatic heterocycles. The zero-order valence-electron chi connectivity index (χ0n) is 20.3. The van der Waals surface area contributed by atoms with Crippen LogP contribution in [-0.4, -0.2) is 78.7 Å². The number of rotatable bonds is 6. The number of pyridine rings is 1. The summed E-state index contributed by atoms with van der Waals surface area (Å²) < 4.78 is 34.8. The normalized spacial score (nSPS) is 21.0. The van der Waals surface area contributed by atoms with Crippen LogP contribution in [0.5, 0.6) is 5.75 Å². The van der Waals surface area contributed by atoms with Crippen molar-refractivity contribution >= 4 is 16.1 Å². The fraction of sp³-hybridized carbons (Fsp3) is 0.500. The number of fused-ring (bicyclic) bond motifs is 1. The van der Waals surface area contributed by atoms with Gasteiger partial charge in [-0.25, -0.2) is 13.2 Å². The Hall–Kier alpha value is -2.69. The number of nitrogens with one attached hydrogen (secondary N) is 1. The number of hydrogen-bond acceptors (Lipinski definition) is 6. The first-order valence-corrected chi connectivity index (χ1v) is 12.8. The van der Waals surface area contributed by atoms with Crippen molar-refractivity contribution in [2.45, 2.75) is 50.8 Å². The molecule has 3 rings (SSSR count). The molecule has 0 unspecified atom stereocenters. The molecule has 34 heavy (non-hydrogen) atoms. The third-order valence-corrected chi connectivity index (χ3v) is 7.89. The molecular weight excluding hydrogens is 456 g/mol. The molecule has 1 aliphatic rings. The topological polar surface area (TPSA) is 112 Å². The molecule has 10 heteroatoms. The number of ether oxygens (including phenoxy) is 1. The van der Waals surface area contributed by atoms with Gasteiger partial charge in [0, 0.05) is 49.6 Å². The van der Waals surface area contributed by atoms with Crippen LogP contribution in [0.2, 0.25) is 0 Å². The lowest BCUT2D eigenvalue weighted by Crippen LogP contribution is -2.51. The Bertz CT molecular complexity index is 1090. The Morgan fingerprint density at radius 2 is 2.03 bits per heavy atom. The molecule has 2 N–H and O–H groups in total. The molecule has 1 aromatic heterocycles. The maximum atomic E-state index is 13.6. The Labute approximate surface area is 201 Å². The van der Waals surface area contributed by atoms with Gasteiger partial charge >= 0.3 is 6.03 Å². The van der Waals surface area contributed by atoms with Crippen molar-refractivity contribution in [2.75, 3.05) is 26.7 Å². The second-order valence-corrected chi connectivity index (χ2v) is 11.0. The third-order valence-electron chi connectivity index (χ3n) is 5.87. The molecule has 0 fully saturated rings. The Balaban J connectivity index is 2.06. The highest BCUT2D eigenvalue weighted by Gasteiger charge is 2.38. The van der Waals surface area contributed by atoms with Crippen molar-refractivity contribution in [3.63, 3.8) is 0 Å². The molecule has 0 spiro atoms. The van der Waals surface area contributed by atoms with Crippen LogP contribution in [0.25, 0.3) is 11.1 Å². The number of hydrogen-bond donors (Lipinski definition) is 2. The number of likely N-dealkylation sites (N-methyl/N-ethyl adjacent to an activating group) is 1. The molecule has 186 valence electrons. The van der Waals surface area contributed by atoms with Crippen molar-refractivity contribution in [2.24, 2.45) is 5.92 Å². The number of sulfonamides is 1. The number of carbonyl (C=O) groups excluding carboxylic acids is 1. The van der Waals surface area contributed by atoms with E-state index in [-0.39, 0.29) is 48.3 Å². The molecule has 0 bridgehead atoms. The van der Waals surface area contributed by atoms with Gasteiger partial charge in [-0.1, -0.05) is 19.1 Å². The maximum absolute atomic E-state index is 13.6. The smallest absolute Gasteiger partial charge is 0.317 e. The van der Waals surface area contributed by atoms with E-state index in [1.165, 1.54) is 10.4 Å². The summed E-state index contributed by atoms with van der Waals surface area (Å²) in [7, 11) is -2.25. The van der Waals surface area contributed by atoms with E-state index in [9.17, 15) is 18.3 Å². The van der Waals surface area contributed by atoms with E-state index in [4.69, 9.17) is 4.74 Å². The largest absolute Gasteiger partial charge is 0.487 e. The number of aliphatic hydroxyl groups is 1. The summed E-state index contributed by atoms with van der Waals surface area (Å²) in [6, 6.07) is 7.79. The van der Waals surface area contributed by atoms with Crippen molar-refractivity contribution in [3.8, 4) is 16.9 Å². The van der Waals surface area contributed by atoms with Gasteiger partial charge in [0.25, 0.3) is 0 Å². The molecule has 0 radical (unpaired) electrons. The molecule has 2 amide bonds. The molecule has 9 nitrogen and oxygen atoms in total. The predicted molar refractivity (Wildman–Crippen MR) is 130 cm³/mol. The minimum Gasteiger partial charge on any atom is -0.487 e. The Morgan fingerprint density at radius 1 is 1.29 bits per heavy atom. The molecule has 1 aromatic carbocycles. The Kier molecular flexibility index (Phi) is 8.17. The van der Waals surface area contributed by atoms with E-state index in [1.807, 2.05) is 32.9 Å². The first kappa shape index (κ1) is 25.9. The summed E-state index contributed by atoms with van der Waals surface area (Å²) in [5.41, 5.74) is 1.59. The highest BCUT2D eigenvalue weighted by molar-refractivity contribution is 7.89. The molecule has 0 saturated heterocycles. The van der Waals surface area contributed by atoms with E-state index in [1.54, 1.807) is 43.4 Å². The van der Waals surface area contributed by atoms with Crippen molar-refractivity contribution in [3.05, 3.63) is 42.7 Å². The monoisotopic (exact) mass is 490 g/mol. The van der Waals surface area contributed by atoms with E-state index in [0.717, 1.165) is 11.1 Å². The van der Waals surface area contributed by atoms with Crippen molar-refractivity contribution in [1.82, 2.24) is 19.5 Å². The van der Waals surface area contributed by atoms with Gasteiger partial charge in [0.05, 0.1) is 13.2 Å². The van der Waals surface area contributed by atoms with Crippen LogP contribution in [-0.2, 0) is 10.0 Å². The lowest BCUT2D eigenvalue weighted by atomic mass is 10.0. The predicted octanol–water partition coefficient (Wildman–Crippen LogP) is 2.57. The van der Waals surface area contributed by atoms with E-state index in [0.29, 0.717) is 0 Å². The lowest BCUT2D eigenvalue weighted by Gasteiger charge is -2.37. The molecular formula is C24H34N4O5S. The number of carbonyl (C=O) groups is 1. The van der Waals surface area contributed by atoms with Gasteiger partial charge in [0.15, 0.2) is 0 Å². The number of nitrogens with zero attached hydrogens (tertiary/aromatic N) is 3. The summed E-state index contributed by atoms with van der Waals surface area (Å²) in [4.78, 5) is 18.2. The summed E-state index contributed by atoms with van der Waals surface area (Å²) in [6.45, 7) is 7.44. The van der Waals surface area contributed by atoms with Crippen LogP contribution >= 0.6 is 0 Å². The third kappa shape index (κ3) is 5.68. The van der Waals surface area contributed by atoms with Crippen LogP contribution in [0.3, 0.4) is 0 Å².